The van der Waals surface area contributed by atoms with Crippen LogP contribution in [0.2, 0.25) is 0 Å². The van der Waals surface area contributed by atoms with Crippen LogP contribution in [0.3, 0.4) is 0 Å². The monoisotopic (exact) mass is 233 g/mol. The van der Waals surface area contributed by atoms with E-state index < -0.39 is 0 Å². The summed E-state index contributed by atoms with van der Waals surface area (Å²) >= 11 is 0. The van der Waals surface area contributed by atoms with E-state index in [4.69, 9.17) is 4.52 Å². The molecule has 2 N–H and O–H groups in total. The first-order chi connectivity index (χ1) is 8.15. The molecule has 0 saturated carbocycles. The minimum Gasteiger partial charge on any atom is -0.508 e. The van der Waals surface area contributed by atoms with Gasteiger partial charge in [0.2, 0.25) is 5.82 Å². The Morgan fingerprint density at radius 1 is 1.29 bits per heavy atom. The molecule has 5 nitrogen and oxygen atoms in total. The molecule has 0 saturated heterocycles. The normalized spacial score (nSPS) is 10.8. The molecular formula is C12H15N3O2. The number of rotatable bonds is 4. The van der Waals surface area contributed by atoms with E-state index in [0.29, 0.717) is 17.8 Å². The maximum Gasteiger partial charge on any atom is 0.321 e. The maximum absolute atomic E-state index is 9.18. The predicted octanol–water partition coefficient (Wildman–Crippen LogP) is 2.51. The Hall–Kier alpha value is -2.04. The fourth-order valence-corrected chi connectivity index (χ4v) is 1.31. The Morgan fingerprint density at radius 3 is 2.65 bits per heavy atom. The van der Waals surface area contributed by atoms with E-state index in [1.54, 1.807) is 24.3 Å². The van der Waals surface area contributed by atoms with E-state index in [2.05, 4.69) is 29.3 Å². The van der Waals surface area contributed by atoms with Gasteiger partial charge in [0.25, 0.3) is 0 Å². The van der Waals surface area contributed by atoms with Gasteiger partial charge in [0.05, 0.1) is 0 Å². The van der Waals surface area contributed by atoms with Gasteiger partial charge in [0.1, 0.15) is 5.75 Å². The molecule has 0 fully saturated rings. The maximum atomic E-state index is 9.18. The molecule has 1 aromatic carbocycles. The summed E-state index contributed by atoms with van der Waals surface area (Å²) in [5, 5.41) is 16.1. The van der Waals surface area contributed by atoms with Crippen LogP contribution in [0.5, 0.6) is 5.75 Å². The summed E-state index contributed by atoms with van der Waals surface area (Å²) in [4.78, 5) is 4.21. The van der Waals surface area contributed by atoms with Crippen molar-refractivity contribution in [3.63, 3.8) is 0 Å². The van der Waals surface area contributed by atoms with E-state index in [0.717, 1.165) is 12.1 Å². The van der Waals surface area contributed by atoms with Gasteiger partial charge in [-0.15, -0.1) is 0 Å². The summed E-state index contributed by atoms with van der Waals surface area (Å²) in [5.41, 5.74) is 0.809. The number of aromatic hydroxyl groups is 1. The Morgan fingerprint density at radius 2 is 2.00 bits per heavy atom. The second-order valence-electron chi connectivity index (χ2n) is 4.24. The van der Waals surface area contributed by atoms with Crippen LogP contribution in [0.25, 0.3) is 11.4 Å². The average molecular weight is 233 g/mol. The number of hydrogen-bond donors (Lipinski definition) is 2. The molecule has 0 bridgehead atoms. The van der Waals surface area contributed by atoms with Crippen molar-refractivity contribution in [3.05, 3.63) is 24.3 Å². The minimum atomic E-state index is 0.218. The zero-order chi connectivity index (χ0) is 12.3. The van der Waals surface area contributed by atoms with Gasteiger partial charge in [-0.3, -0.25) is 0 Å². The Balaban J connectivity index is 2.10. The van der Waals surface area contributed by atoms with Gasteiger partial charge >= 0.3 is 6.01 Å². The molecule has 1 heterocycles. The third kappa shape index (κ3) is 2.96. The average Bonchev–Trinajstić information content (AvgIpc) is 2.76. The zero-order valence-corrected chi connectivity index (χ0v) is 9.84. The van der Waals surface area contributed by atoms with Crippen molar-refractivity contribution in [1.29, 1.82) is 0 Å². The highest BCUT2D eigenvalue weighted by atomic mass is 16.5. The second-order valence-corrected chi connectivity index (χ2v) is 4.24. The van der Waals surface area contributed by atoms with Crippen molar-refractivity contribution < 1.29 is 9.63 Å². The Kier molecular flexibility index (Phi) is 3.27. The molecule has 2 aromatic rings. The summed E-state index contributed by atoms with van der Waals surface area (Å²) in [6.45, 7) is 4.99. The third-order valence-corrected chi connectivity index (χ3v) is 2.21. The number of hydrogen-bond acceptors (Lipinski definition) is 5. The second kappa shape index (κ2) is 4.86. The Labute approximate surface area is 99.5 Å². The molecule has 5 heteroatoms. The number of benzene rings is 1. The van der Waals surface area contributed by atoms with Gasteiger partial charge in [-0.2, -0.15) is 4.98 Å². The molecule has 90 valence electrons. The lowest BCUT2D eigenvalue weighted by Gasteiger charge is -2.02. The van der Waals surface area contributed by atoms with E-state index >= 15 is 0 Å². The fraction of sp³-hybridized carbons (Fsp3) is 0.333. The van der Waals surface area contributed by atoms with Gasteiger partial charge in [0, 0.05) is 12.1 Å². The summed E-state index contributed by atoms with van der Waals surface area (Å²) < 4.78 is 5.06. The zero-order valence-electron chi connectivity index (χ0n) is 9.84. The molecule has 0 unspecified atom stereocenters. The molecule has 0 amide bonds. The first-order valence-electron chi connectivity index (χ1n) is 5.52. The molecule has 0 aliphatic carbocycles. The van der Waals surface area contributed by atoms with Crippen LogP contribution in [-0.2, 0) is 0 Å². The smallest absolute Gasteiger partial charge is 0.321 e. The van der Waals surface area contributed by atoms with Crippen molar-refractivity contribution in [2.75, 3.05) is 11.9 Å². The highest BCUT2D eigenvalue weighted by Crippen LogP contribution is 2.20. The molecule has 0 aliphatic heterocycles. The lowest BCUT2D eigenvalue weighted by Crippen LogP contribution is -2.07. The van der Waals surface area contributed by atoms with Gasteiger partial charge in [-0.1, -0.05) is 19.0 Å². The van der Waals surface area contributed by atoms with Crippen molar-refractivity contribution >= 4 is 6.01 Å². The van der Waals surface area contributed by atoms with E-state index in [9.17, 15) is 5.11 Å². The molecular weight excluding hydrogens is 218 g/mol. The van der Waals surface area contributed by atoms with Crippen molar-refractivity contribution in [2.24, 2.45) is 5.92 Å². The van der Waals surface area contributed by atoms with Crippen LogP contribution in [-0.4, -0.2) is 21.8 Å². The predicted molar refractivity (Wildman–Crippen MR) is 64.7 cm³/mol. The highest BCUT2D eigenvalue weighted by molar-refractivity contribution is 5.56. The van der Waals surface area contributed by atoms with Crippen molar-refractivity contribution in [3.8, 4) is 17.1 Å². The van der Waals surface area contributed by atoms with E-state index in [1.807, 2.05) is 0 Å². The minimum absolute atomic E-state index is 0.218. The summed E-state index contributed by atoms with van der Waals surface area (Å²) in [6.07, 6.45) is 0. The number of nitrogens with one attached hydrogen (secondary N) is 1. The largest absolute Gasteiger partial charge is 0.508 e. The molecule has 0 aliphatic rings. The van der Waals surface area contributed by atoms with Gasteiger partial charge in [-0.05, 0) is 30.2 Å². The van der Waals surface area contributed by atoms with E-state index in [1.165, 1.54) is 0 Å². The number of phenols is 1. The van der Waals surface area contributed by atoms with Crippen LogP contribution in [0, 0.1) is 5.92 Å². The summed E-state index contributed by atoms with van der Waals surface area (Å²) in [6, 6.07) is 7.08. The van der Waals surface area contributed by atoms with Gasteiger partial charge in [0.15, 0.2) is 0 Å². The Bertz CT molecular complexity index is 477. The van der Waals surface area contributed by atoms with Crippen LogP contribution in [0.1, 0.15) is 13.8 Å². The summed E-state index contributed by atoms with van der Waals surface area (Å²) in [5.74, 6) is 1.24. The van der Waals surface area contributed by atoms with Crippen molar-refractivity contribution in [2.45, 2.75) is 13.8 Å². The molecule has 17 heavy (non-hydrogen) atoms. The third-order valence-electron chi connectivity index (χ3n) is 2.21. The van der Waals surface area contributed by atoms with Gasteiger partial charge in [-0.25, -0.2) is 0 Å². The number of nitrogens with zero attached hydrogens (tertiary/aromatic N) is 2. The summed E-state index contributed by atoms with van der Waals surface area (Å²) in [7, 11) is 0. The first kappa shape index (κ1) is 11.4. The fourth-order valence-electron chi connectivity index (χ4n) is 1.31. The van der Waals surface area contributed by atoms with Gasteiger partial charge < -0.3 is 14.9 Å². The van der Waals surface area contributed by atoms with Crippen LogP contribution in [0.15, 0.2) is 28.8 Å². The lowest BCUT2D eigenvalue weighted by atomic mass is 10.2. The van der Waals surface area contributed by atoms with Crippen LogP contribution in [0.4, 0.5) is 6.01 Å². The SMILES string of the molecule is CC(C)CNc1nc(-c2ccc(O)cc2)no1. The quantitative estimate of drug-likeness (QED) is 0.849. The highest BCUT2D eigenvalue weighted by Gasteiger charge is 2.08. The number of aromatic nitrogens is 2. The van der Waals surface area contributed by atoms with Crippen LogP contribution < -0.4 is 5.32 Å². The topological polar surface area (TPSA) is 71.2 Å². The van der Waals surface area contributed by atoms with E-state index in [-0.39, 0.29) is 5.75 Å². The molecule has 0 atom stereocenters. The molecule has 2 rings (SSSR count). The molecule has 0 spiro atoms. The van der Waals surface area contributed by atoms with Crippen molar-refractivity contribution in [1.82, 2.24) is 10.1 Å². The number of anilines is 1. The number of phenolic OH excluding ortho intramolecular Hbond substituents is 1. The lowest BCUT2D eigenvalue weighted by molar-refractivity contribution is 0.429. The molecule has 0 radical (unpaired) electrons. The first-order valence-corrected chi connectivity index (χ1v) is 5.52. The van der Waals surface area contributed by atoms with Crippen LogP contribution >= 0.6 is 0 Å². The molecule has 1 aromatic heterocycles. The standard InChI is InChI=1S/C12H15N3O2/c1-8(2)7-13-12-14-11(15-17-12)9-3-5-10(16)6-4-9/h3-6,8,16H,7H2,1-2H3,(H,13,14,15).